The van der Waals surface area contributed by atoms with Crippen LogP contribution in [0.3, 0.4) is 0 Å². The molecule has 0 aromatic carbocycles. The molecule has 1 N–H and O–H groups in total. The summed E-state index contributed by atoms with van der Waals surface area (Å²) in [6.45, 7) is 11.8. The fraction of sp³-hybridized carbons (Fsp3) is 0.929. The minimum absolute atomic E-state index is 0.0565. The number of hydrogen-bond donors (Lipinski definition) is 1. The molecule has 0 saturated carbocycles. The van der Waals surface area contributed by atoms with Gasteiger partial charge in [-0.2, -0.15) is 0 Å². The summed E-state index contributed by atoms with van der Waals surface area (Å²) in [4.78, 5) is 10.7. The van der Waals surface area contributed by atoms with E-state index in [0.717, 1.165) is 19.4 Å². The Hall–Kier alpha value is -0.393. The summed E-state index contributed by atoms with van der Waals surface area (Å²) in [5.74, 6) is -0.764. The summed E-state index contributed by atoms with van der Waals surface area (Å²) < 4.78 is 12.1. The third-order valence-corrected chi connectivity index (χ3v) is 8.78. The summed E-state index contributed by atoms with van der Waals surface area (Å²) in [7, 11) is -1.82. The van der Waals surface area contributed by atoms with Crippen LogP contribution in [-0.2, 0) is 14.0 Å². The van der Waals surface area contributed by atoms with E-state index in [1.165, 1.54) is 0 Å². The number of carboxylic acids is 1. The van der Waals surface area contributed by atoms with Crippen LogP contribution in [0.4, 0.5) is 0 Å². The van der Waals surface area contributed by atoms with Crippen LogP contribution in [0.2, 0.25) is 18.1 Å². The smallest absolute Gasteiger partial charge is 0.303 e. The zero-order chi connectivity index (χ0) is 14.7. The highest BCUT2D eigenvalue weighted by Gasteiger charge is 2.41. The van der Waals surface area contributed by atoms with Crippen molar-refractivity contribution in [3.05, 3.63) is 0 Å². The van der Waals surface area contributed by atoms with Crippen LogP contribution < -0.4 is 0 Å². The molecule has 2 atom stereocenters. The lowest BCUT2D eigenvalue weighted by molar-refractivity contribution is -0.139. The molecule has 5 heteroatoms. The number of rotatable bonds is 5. The monoisotopic (exact) mass is 288 g/mol. The Kier molecular flexibility index (Phi) is 5.59. The molecule has 0 aromatic heterocycles. The van der Waals surface area contributed by atoms with E-state index in [0.29, 0.717) is 6.42 Å². The highest BCUT2D eigenvalue weighted by Crippen LogP contribution is 2.39. The van der Waals surface area contributed by atoms with E-state index in [4.69, 9.17) is 14.3 Å². The Morgan fingerprint density at radius 1 is 1.42 bits per heavy atom. The van der Waals surface area contributed by atoms with Crippen molar-refractivity contribution in [2.45, 2.75) is 76.8 Å². The van der Waals surface area contributed by atoms with E-state index < -0.39 is 14.3 Å². The minimum atomic E-state index is -1.82. The van der Waals surface area contributed by atoms with E-state index in [9.17, 15) is 4.79 Å². The normalized spacial score (nSPS) is 25.3. The summed E-state index contributed by atoms with van der Waals surface area (Å²) in [5.41, 5.74) is 0. The molecule has 1 fully saturated rings. The Labute approximate surface area is 117 Å². The molecule has 0 radical (unpaired) electrons. The fourth-order valence-electron chi connectivity index (χ4n) is 2.04. The first kappa shape index (κ1) is 16.7. The van der Waals surface area contributed by atoms with Crippen molar-refractivity contribution < 1.29 is 19.1 Å². The van der Waals surface area contributed by atoms with E-state index in [-0.39, 0.29) is 23.7 Å². The third-order valence-electron chi connectivity index (χ3n) is 4.27. The Balaban J connectivity index is 2.64. The summed E-state index contributed by atoms with van der Waals surface area (Å²) >= 11 is 0. The Morgan fingerprint density at radius 2 is 2.05 bits per heavy atom. The molecule has 4 nitrogen and oxygen atoms in total. The molecular formula is C14H28O4Si. The van der Waals surface area contributed by atoms with Gasteiger partial charge in [0.05, 0.1) is 12.2 Å². The molecule has 0 aliphatic carbocycles. The van der Waals surface area contributed by atoms with E-state index in [1.54, 1.807) is 0 Å². The van der Waals surface area contributed by atoms with Crippen molar-refractivity contribution in [1.29, 1.82) is 0 Å². The van der Waals surface area contributed by atoms with Crippen molar-refractivity contribution in [1.82, 2.24) is 0 Å². The minimum Gasteiger partial charge on any atom is -0.481 e. The molecule has 0 bridgehead atoms. The van der Waals surface area contributed by atoms with Crippen LogP contribution >= 0.6 is 0 Å². The standard InChI is InChI=1S/C14H28O4Si/c1-14(2,3)19(4,5)18-12-7-6-10-17-11(12)8-9-13(15)16/h11-12H,6-10H2,1-5H3,(H,15,16)/t11-,12+/m1/s1. The maximum atomic E-state index is 10.7. The largest absolute Gasteiger partial charge is 0.481 e. The van der Waals surface area contributed by atoms with Crippen LogP contribution in [-0.4, -0.2) is 38.2 Å². The second-order valence-electron chi connectivity index (χ2n) is 6.90. The molecule has 1 rings (SSSR count). The third kappa shape index (κ3) is 4.89. The second-order valence-corrected chi connectivity index (χ2v) is 11.7. The van der Waals surface area contributed by atoms with Crippen LogP contribution in [0, 0.1) is 0 Å². The molecule has 112 valence electrons. The zero-order valence-electron chi connectivity index (χ0n) is 12.9. The van der Waals surface area contributed by atoms with Gasteiger partial charge in [0.1, 0.15) is 0 Å². The lowest BCUT2D eigenvalue weighted by Gasteiger charge is -2.42. The number of aliphatic carboxylic acids is 1. The SMILES string of the molecule is CC(C)(C)[Si](C)(C)O[C@H]1CCCO[C@@H]1CCC(=O)O. The fourth-order valence-corrected chi connectivity index (χ4v) is 3.42. The van der Waals surface area contributed by atoms with Crippen LogP contribution in [0.5, 0.6) is 0 Å². The van der Waals surface area contributed by atoms with Gasteiger partial charge in [-0.05, 0) is 37.4 Å². The molecule has 1 saturated heterocycles. The average molecular weight is 288 g/mol. The predicted molar refractivity (Wildman–Crippen MR) is 77.9 cm³/mol. The van der Waals surface area contributed by atoms with Crippen molar-refractivity contribution in [3.8, 4) is 0 Å². The molecule has 1 aliphatic rings. The Morgan fingerprint density at radius 3 is 2.58 bits per heavy atom. The van der Waals surface area contributed by atoms with E-state index >= 15 is 0 Å². The van der Waals surface area contributed by atoms with Gasteiger partial charge in [-0.1, -0.05) is 20.8 Å². The maximum Gasteiger partial charge on any atom is 0.303 e. The molecular weight excluding hydrogens is 260 g/mol. The zero-order valence-corrected chi connectivity index (χ0v) is 13.9. The summed E-state index contributed by atoms with van der Waals surface area (Å²) in [6, 6.07) is 0. The number of hydrogen-bond acceptors (Lipinski definition) is 3. The first-order valence-electron chi connectivity index (χ1n) is 7.15. The number of carbonyl (C=O) groups is 1. The van der Waals surface area contributed by atoms with Gasteiger partial charge < -0.3 is 14.3 Å². The van der Waals surface area contributed by atoms with Crippen LogP contribution in [0.1, 0.15) is 46.5 Å². The van der Waals surface area contributed by atoms with Gasteiger partial charge in [0, 0.05) is 13.0 Å². The predicted octanol–water partition coefficient (Wildman–Crippen LogP) is 3.42. The average Bonchev–Trinajstić information content (AvgIpc) is 2.25. The van der Waals surface area contributed by atoms with Gasteiger partial charge in [0.25, 0.3) is 0 Å². The lowest BCUT2D eigenvalue weighted by atomic mass is 10.0. The molecule has 19 heavy (non-hydrogen) atoms. The van der Waals surface area contributed by atoms with Crippen LogP contribution in [0.25, 0.3) is 0 Å². The van der Waals surface area contributed by atoms with Gasteiger partial charge in [-0.25, -0.2) is 0 Å². The molecule has 0 aromatic rings. The first-order valence-corrected chi connectivity index (χ1v) is 10.1. The number of carboxylic acid groups (broad SMARTS) is 1. The van der Waals surface area contributed by atoms with E-state index in [1.807, 2.05) is 0 Å². The van der Waals surface area contributed by atoms with Gasteiger partial charge in [0.2, 0.25) is 0 Å². The van der Waals surface area contributed by atoms with Gasteiger partial charge in [-0.3, -0.25) is 4.79 Å². The first-order chi connectivity index (χ1) is 8.63. The number of ether oxygens (including phenoxy) is 1. The summed E-state index contributed by atoms with van der Waals surface area (Å²) in [5, 5.41) is 8.97. The van der Waals surface area contributed by atoms with Gasteiger partial charge in [-0.15, -0.1) is 0 Å². The quantitative estimate of drug-likeness (QED) is 0.788. The maximum absolute atomic E-state index is 10.7. The molecule has 1 aliphatic heterocycles. The summed E-state index contributed by atoms with van der Waals surface area (Å²) in [6.07, 6.45) is 2.70. The lowest BCUT2D eigenvalue weighted by Crippen LogP contribution is -2.49. The van der Waals surface area contributed by atoms with Gasteiger partial charge in [0.15, 0.2) is 8.32 Å². The van der Waals surface area contributed by atoms with Crippen molar-refractivity contribution >= 4 is 14.3 Å². The van der Waals surface area contributed by atoms with E-state index in [2.05, 4.69) is 33.9 Å². The molecule has 0 unspecified atom stereocenters. The van der Waals surface area contributed by atoms with Crippen molar-refractivity contribution in [3.63, 3.8) is 0 Å². The highest BCUT2D eigenvalue weighted by atomic mass is 28.4. The van der Waals surface area contributed by atoms with Crippen molar-refractivity contribution in [2.75, 3.05) is 6.61 Å². The molecule has 0 amide bonds. The van der Waals surface area contributed by atoms with Gasteiger partial charge >= 0.3 is 5.97 Å². The van der Waals surface area contributed by atoms with Crippen LogP contribution in [0.15, 0.2) is 0 Å². The molecule has 0 spiro atoms. The Bertz CT molecular complexity index is 309. The topological polar surface area (TPSA) is 55.8 Å². The molecule has 1 heterocycles. The van der Waals surface area contributed by atoms with Crippen molar-refractivity contribution in [2.24, 2.45) is 0 Å². The highest BCUT2D eigenvalue weighted by molar-refractivity contribution is 6.74. The second kappa shape index (κ2) is 6.37.